The van der Waals surface area contributed by atoms with Crippen LogP contribution in [0.3, 0.4) is 0 Å². The van der Waals surface area contributed by atoms with Gasteiger partial charge < -0.3 is 10.2 Å². The van der Waals surface area contributed by atoms with Crippen LogP contribution in [0.5, 0.6) is 0 Å². The lowest BCUT2D eigenvalue weighted by Crippen LogP contribution is -2.37. The molecule has 120 valence electrons. The molecule has 0 bridgehead atoms. The molecule has 2 aromatic rings. The minimum Gasteiger partial charge on any atom is -0.343 e. The van der Waals surface area contributed by atoms with E-state index in [1.807, 2.05) is 30.3 Å². The summed E-state index contributed by atoms with van der Waals surface area (Å²) < 4.78 is 0. The van der Waals surface area contributed by atoms with E-state index in [0.29, 0.717) is 0 Å². The molecule has 1 atom stereocenters. The predicted molar refractivity (Wildman–Crippen MR) is 87.2 cm³/mol. The van der Waals surface area contributed by atoms with Crippen LogP contribution in [0.15, 0.2) is 47.3 Å². The highest BCUT2D eigenvalue weighted by molar-refractivity contribution is 5.92. The highest BCUT2D eigenvalue weighted by Gasteiger charge is 2.21. The third kappa shape index (κ3) is 4.04. The van der Waals surface area contributed by atoms with Crippen LogP contribution >= 0.6 is 0 Å². The summed E-state index contributed by atoms with van der Waals surface area (Å²) in [5, 5.41) is 9.11. The SMILES string of the molecule is O=C(NC(CN1CCCC1)c1ccccc1)c1ccc(=O)[nH]n1. The summed E-state index contributed by atoms with van der Waals surface area (Å²) in [5.74, 6) is -0.283. The highest BCUT2D eigenvalue weighted by atomic mass is 16.2. The van der Waals surface area contributed by atoms with E-state index in [9.17, 15) is 9.59 Å². The van der Waals surface area contributed by atoms with Gasteiger partial charge in [-0.2, -0.15) is 5.10 Å². The summed E-state index contributed by atoms with van der Waals surface area (Å²) in [5.41, 5.74) is 0.961. The van der Waals surface area contributed by atoms with Crippen molar-refractivity contribution in [3.8, 4) is 0 Å². The van der Waals surface area contributed by atoms with E-state index < -0.39 is 0 Å². The van der Waals surface area contributed by atoms with Crippen LogP contribution < -0.4 is 10.9 Å². The van der Waals surface area contributed by atoms with Crippen molar-refractivity contribution in [1.82, 2.24) is 20.4 Å². The Bertz CT molecular complexity index is 688. The average Bonchev–Trinajstić information content (AvgIpc) is 3.09. The highest BCUT2D eigenvalue weighted by Crippen LogP contribution is 2.18. The number of nitrogens with zero attached hydrogens (tertiary/aromatic N) is 2. The Morgan fingerprint density at radius 3 is 2.57 bits per heavy atom. The van der Waals surface area contributed by atoms with E-state index >= 15 is 0 Å². The molecule has 1 saturated heterocycles. The molecule has 1 aromatic heterocycles. The van der Waals surface area contributed by atoms with E-state index in [1.54, 1.807) is 0 Å². The van der Waals surface area contributed by atoms with Gasteiger partial charge in [-0.25, -0.2) is 5.10 Å². The van der Waals surface area contributed by atoms with Crippen LogP contribution in [-0.4, -0.2) is 40.6 Å². The first-order chi connectivity index (χ1) is 11.2. The number of carbonyl (C=O) groups is 1. The Balaban J connectivity index is 1.76. The fourth-order valence-corrected chi connectivity index (χ4v) is 2.85. The second-order valence-electron chi connectivity index (χ2n) is 5.75. The zero-order valence-electron chi connectivity index (χ0n) is 12.9. The number of H-pyrrole nitrogens is 1. The van der Waals surface area contributed by atoms with Crippen molar-refractivity contribution in [2.75, 3.05) is 19.6 Å². The molecule has 1 unspecified atom stereocenters. The van der Waals surface area contributed by atoms with Crippen LogP contribution in [0.2, 0.25) is 0 Å². The molecular formula is C17H20N4O2. The van der Waals surface area contributed by atoms with Crippen LogP contribution in [0.25, 0.3) is 0 Å². The number of nitrogens with one attached hydrogen (secondary N) is 2. The smallest absolute Gasteiger partial charge is 0.272 e. The van der Waals surface area contributed by atoms with Gasteiger partial charge in [0.25, 0.3) is 11.5 Å². The summed E-state index contributed by atoms with van der Waals surface area (Å²) in [6.45, 7) is 2.91. The van der Waals surface area contributed by atoms with Crippen molar-refractivity contribution in [2.45, 2.75) is 18.9 Å². The summed E-state index contributed by atoms with van der Waals surface area (Å²) in [6, 6.07) is 12.6. The lowest BCUT2D eigenvalue weighted by atomic mass is 10.1. The molecule has 0 aliphatic carbocycles. The van der Waals surface area contributed by atoms with Gasteiger partial charge in [-0.3, -0.25) is 9.59 Å². The quantitative estimate of drug-likeness (QED) is 0.873. The second-order valence-corrected chi connectivity index (χ2v) is 5.75. The van der Waals surface area contributed by atoms with E-state index in [1.165, 1.54) is 25.0 Å². The average molecular weight is 312 g/mol. The number of aromatic nitrogens is 2. The molecule has 2 N–H and O–H groups in total. The lowest BCUT2D eigenvalue weighted by Gasteiger charge is -2.24. The maximum absolute atomic E-state index is 12.4. The second kappa shape index (κ2) is 7.19. The minimum absolute atomic E-state index is 0.101. The molecule has 6 heteroatoms. The number of rotatable bonds is 5. The summed E-state index contributed by atoms with van der Waals surface area (Å²) in [4.78, 5) is 25.8. The fourth-order valence-electron chi connectivity index (χ4n) is 2.85. The molecular weight excluding hydrogens is 292 g/mol. The molecule has 1 aliphatic heterocycles. The van der Waals surface area contributed by atoms with Crippen molar-refractivity contribution < 1.29 is 4.79 Å². The first-order valence-electron chi connectivity index (χ1n) is 7.86. The Hall–Kier alpha value is -2.47. The Morgan fingerprint density at radius 2 is 1.91 bits per heavy atom. The maximum atomic E-state index is 12.4. The molecule has 1 fully saturated rings. The Kier molecular flexibility index (Phi) is 4.83. The van der Waals surface area contributed by atoms with Crippen molar-refractivity contribution in [1.29, 1.82) is 0 Å². The van der Waals surface area contributed by atoms with Crippen molar-refractivity contribution >= 4 is 5.91 Å². The molecule has 1 aromatic carbocycles. The van der Waals surface area contributed by atoms with Crippen molar-refractivity contribution in [2.24, 2.45) is 0 Å². The molecule has 1 amide bonds. The molecule has 3 rings (SSSR count). The Labute approximate surface area is 134 Å². The maximum Gasteiger partial charge on any atom is 0.272 e. The van der Waals surface area contributed by atoms with E-state index in [2.05, 4.69) is 20.4 Å². The van der Waals surface area contributed by atoms with Gasteiger partial charge in [-0.15, -0.1) is 0 Å². The molecule has 0 saturated carbocycles. The third-order valence-corrected chi connectivity index (χ3v) is 4.06. The lowest BCUT2D eigenvalue weighted by molar-refractivity contribution is 0.0921. The topological polar surface area (TPSA) is 78.1 Å². The monoisotopic (exact) mass is 312 g/mol. The number of benzene rings is 1. The molecule has 0 spiro atoms. The van der Waals surface area contributed by atoms with Crippen LogP contribution in [0.1, 0.15) is 34.9 Å². The van der Waals surface area contributed by atoms with Crippen LogP contribution in [-0.2, 0) is 0 Å². The third-order valence-electron chi connectivity index (χ3n) is 4.06. The zero-order valence-corrected chi connectivity index (χ0v) is 12.9. The molecule has 23 heavy (non-hydrogen) atoms. The fraction of sp³-hybridized carbons (Fsp3) is 0.353. The normalized spacial score (nSPS) is 16.2. The number of aromatic amines is 1. The van der Waals surface area contributed by atoms with Crippen molar-refractivity contribution in [3.05, 3.63) is 64.1 Å². The number of carbonyl (C=O) groups excluding carboxylic acids is 1. The summed E-state index contributed by atoms with van der Waals surface area (Å²) in [7, 11) is 0. The minimum atomic E-state index is -0.321. The zero-order chi connectivity index (χ0) is 16.1. The van der Waals surface area contributed by atoms with E-state index in [-0.39, 0.29) is 23.2 Å². The molecule has 6 nitrogen and oxygen atoms in total. The van der Waals surface area contributed by atoms with Gasteiger partial charge in [-0.05, 0) is 37.6 Å². The first kappa shape index (κ1) is 15.4. The largest absolute Gasteiger partial charge is 0.343 e. The first-order valence-corrected chi connectivity index (χ1v) is 7.86. The standard InChI is InChI=1S/C17H20N4O2/c22-16-9-8-14(19-20-16)17(23)18-15(12-21-10-4-5-11-21)13-6-2-1-3-7-13/h1-3,6-9,15H,4-5,10-12H2,(H,18,23)(H,20,22). The molecule has 2 heterocycles. The van der Waals surface area contributed by atoms with Gasteiger partial charge in [-0.1, -0.05) is 30.3 Å². The van der Waals surface area contributed by atoms with Gasteiger partial charge in [0, 0.05) is 12.6 Å². The number of hydrogen-bond donors (Lipinski definition) is 2. The number of amides is 1. The van der Waals surface area contributed by atoms with Gasteiger partial charge >= 0.3 is 0 Å². The predicted octanol–water partition coefficient (Wildman–Crippen LogP) is 1.34. The molecule has 1 aliphatic rings. The van der Waals surface area contributed by atoms with Gasteiger partial charge in [0.15, 0.2) is 0 Å². The van der Waals surface area contributed by atoms with E-state index in [4.69, 9.17) is 0 Å². The number of hydrogen-bond acceptors (Lipinski definition) is 4. The summed E-state index contributed by atoms with van der Waals surface area (Å²) in [6.07, 6.45) is 2.41. The van der Waals surface area contributed by atoms with Gasteiger partial charge in [0.05, 0.1) is 6.04 Å². The van der Waals surface area contributed by atoms with Crippen molar-refractivity contribution in [3.63, 3.8) is 0 Å². The Morgan fingerprint density at radius 1 is 1.17 bits per heavy atom. The van der Waals surface area contributed by atoms with Gasteiger partial charge in [0.1, 0.15) is 5.69 Å². The van der Waals surface area contributed by atoms with Crippen LogP contribution in [0.4, 0.5) is 0 Å². The molecule has 0 radical (unpaired) electrons. The van der Waals surface area contributed by atoms with Gasteiger partial charge in [0.2, 0.25) is 0 Å². The summed E-state index contributed by atoms with van der Waals surface area (Å²) >= 11 is 0. The van der Waals surface area contributed by atoms with E-state index in [0.717, 1.165) is 25.2 Å². The number of likely N-dealkylation sites (tertiary alicyclic amines) is 1. The van der Waals surface area contributed by atoms with Crippen LogP contribution in [0, 0.1) is 0 Å².